The van der Waals surface area contributed by atoms with Crippen molar-refractivity contribution in [2.24, 2.45) is 0 Å². The number of hydrogen-bond donors (Lipinski definition) is 1. The molecule has 0 saturated heterocycles. The standard InChI is InChI=1S/C15H16OS/c1-12-2-4-14(5-3-12)11-17-15-8-6-13(10-16)7-9-15/h2-9,16H,10-11H2,1H3. The third-order valence-corrected chi connectivity index (χ3v) is 3.72. The Morgan fingerprint density at radius 3 is 2.06 bits per heavy atom. The Morgan fingerprint density at radius 2 is 1.47 bits per heavy atom. The zero-order valence-electron chi connectivity index (χ0n) is 9.89. The van der Waals surface area contributed by atoms with Crippen molar-refractivity contribution < 1.29 is 5.11 Å². The van der Waals surface area contributed by atoms with Gasteiger partial charge in [0.05, 0.1) is 6.61 Å². The first-order valence-electron chi connectivity index (χ1n) is 5.66. The van der Waals surface area contributed by atoms with Gasteiger partial charge >= 0.3 is 0 Å². The average Bonchev–Trinajstić information content (AvgIpc) is 2.39. The molecular weight excluding hydrogens is 228 g/mol. The molecule has 0 saturated carbocycles. The maximum Gasteiger partial charge on any atom is 0.0681 e. The summed E-state index contributed by atoms with van der Waals surface area (Å²) < 4.78 is 0. The van der Waals surface area contributed by atoms with Gasteiger partial charge in [0.2, 0.25) is 0 Å². The summed E-state index contributed by atoms with van der Waals surface area (Å²) in [6.45, 7) is 2.22. The summed E-state index contributed by atoms with van der Waals surface area (Å²) in [5.74, 6) is 0.985. The fourth-order valence-electron chi connectivity index (χ4n) is 1.54. The van der Waals surface area contributed by atoms with Gasteiger partial charge in [-0.1, -0.05) is 42.0 Å². The maximum atomic E-state index is 8.96. The second-order valence-corrected chi connectivity index (χ2v) is 5.13. The Balaban J connectivity index is 1.95. The monoisotopic (exact) mass is 244 g/mol. The molecule has 17 heavy (non-hydrogen) atoms. The molecule has 0 aromatic heterocycles. The number of aliphatic hydroxyl groups is 1. The highest BCUT2D eigenvalue weighted by Crippen LogP contribution is 2.23. The molecule has 0 aliphatic rings. The van der Waals surface area contributed by atoms with Crippen LogP contribution in [0.25, 0.3) is 0 Å². The molecule has 88 valence electrons. The van der Waals surface area contributed by atoms with Crippen molar-refractivity contribution in [3.8, 4) is 0 Å². The van der Waals surface area contributed by atoms with Crippen LogP contribution in [0.5, 0.6) is 0 Å². The highest BCUT2D eigenvalue weighted by Gasteiger charge is 1.97. The van der Waals surface area contributed by atoms with Crippen molar-refractivity contribution in [1.29, 1.82) is 0 Å². The fourth-order valence-corrected chi connectivity index (χ4v) is 2.40. The van der Waals surface area contributed by atoms with Gasteiger partial charge in [-0.05, 0) is 30.2 Å². The smallest absolute Gasteiger partial charge is 0.0681 e. The maximum absolute atomic E-state index is 8.96. The molecule has 2 rings (SSSR count). The molecule has 0 bridgehead atoms. The van der Waals surface area contributed by atoms with Crippen molar-refractivity contribution in [1.82, 2.24) is 0 Å². The number of hydrogen-bond acceptors (Lipinski definition) is 2. The minimum Gasteiger partial charge on any atom is -0.392 e. The number of thioether (sulfide) groups is 1. The molecule has 0 radical (unpaired) electrons. The van der Waals surface area contributed by atoms with Gasteiger partial charge in [0, 0.05) is 10.6 Å². The van der Waals surface area contributed by atoms with Crippen LogP contribution in [0, 0.1) is 6.92 Å². The van der Waals surface area contributed by atoms with Crippen molar-refractivity contribution >= 4 is 11.8 Å². The van der Waals surface area contributed by atoms with E-state index in [0.29, 0.717) is 0 Å². The van der Waals surface area contributed by atoms with E-state index in [1.807, 2.05) is 23.9 Å². The molecule has 2 aromatic carbocycles. The third kappa shape index (κ3) is 3.62. The largest absolute Gasteiger partial charge is 0.392 e. The molecule has 0 fully saturated rings. The minimum atomic E-state index is 0.114. The van der Waals surface area contributed by atoms with Gasteiger partial charge < -0.3 is 5.11 Å². The summed E-state index contributed by atoms with van der Waals surface area (Å²) >= 11 is 1.82. The van der Waals surface area contributed by atoms with Crippen LogP contribution in [0.4, 0.5) is 0 Å². The minimum absolute atomic E-state index is 0.114. The van der Waals surface area contributed by atoms with E-state index in [1.54, 1.807) is 0 Å². The average molecular weight is 244 g/mol. The predicted molar refractivity (Wildman–Crippen MR) is 73.1 cm³/mol. The molecule has 1 nitrogen and oxygen atoms in total. The molecule has 2 heteroatoms. The number of aryl methyl sites for hydroxylation is 1. The molecular formula is C15H16OS. The Bertz CT molecular complexity index is 459. The van der Waals surface area contributed by atoms with Crippen LogP contribution < -0.4 is 0 Å². The second-order valence-electron chi connectivity index (χ2n) is 4.08. The summed E-state index contributed by atoms with van der Waals surface area (Å²) in [4.78, 5) is 1.24. The summed E-state index contributed by atoms with van der Waals surface area (Å²) in [5, 5.41) is 8.96. The molecule has 2 aromatic rings. The Labute approximate surface area is 107 Å². The van der Waals surface area contributed by atoms with Crippen LogP contribution in [-0.4, -0.2) is 5.11 Å². The summed E-state index contributed by atoms with van der Waals surface area (Å²) in [5.41, 5.74) is 3.60. The van der Waals surface area contributed by atoms with Gasteiger partial charge in [-0.2, -0.15) is 0 Å². The Hall–Kier alpha value is -1.25. The lowest BCUT2D eigenvalue weighted by atomic mass is 10.2. The number of rotatable bonds is 4. The molecule has 0 amide bonds. The normalized spacial score (nSPS) is 10.5. The fraction of sp³-hybridized carbons (Fsp3) is 0.200. The van der Waals surface area contributed by atoms with Gasteiger partial charge in [0.15, 0.2) is 0 Å². The van der Waals surface area contributed by atoms with Gasteiger partial charge in [-0.3, -0.25) is 0 Å². The Kier molecular flexibility index (Phi) is 4.24. The van der Waals surface area contributed by atoms with Crippen molar-refractivity contribution in [2.75, 3.05) is 0 Å². The molecule has 0 aliphatic heterocycles. The lowest BCUT2D eigenvalue weighted by molar-refractivity contribution is 0.282. The number of benzene rings is 2. The second kappa shape index (κ2) is 5.89. The number of aliphatic hydroxyl groups excluding tert-OH is 1. The molecule has 1 N–H and O–H groups in total. The van der Waals surface area contributed by atoms with Crippen LogP contribution in [0.3, 0.4) is 0 Å². The van der Waals surface area contributed by atoms with E-state index in [0.717, 1.165) is 11.3 Å². The van der Waals surface area contributed by atoms with E-state index in [-0.39, 0.29) is 6.61 Å². The first-order chi connectivity index (χ1) is 8.28. The van der Waals surface area contributed by atoms with Gasteiger partial charge in [0.25, 0.3) is 0 Å². The van der Waals surface area contributed by atoms with Crippen molar-refractivity contribution in [2.45, 2.75) is 24.2 Å². The molecule has 0 aliphatic carbocycles. The van der Waals surface area contributed by atoms with Crippen LogP contribution in [0.1, 0.15) is 16.7 Å². The summed E-state index contributed by atoms with van der Waals surface area (Å²) in [6, 6.07) is 16.7. The van der Waals surface area contributed by atoms with Gasteiger partial charge in [-0.25, -0.2) is 0 Å². The van der Waals surface area contributed by atoms with Gasteiger partial charge in [-0.15, -0.1) is 11.8 Å². The van der Waals surface area contributed by atoms with E-state index in [2.05, 4.69) is 43.3 Å². The molecule has 0 atom stereocenters. The van der Waals surface area contributed by atoms with Crippen molar-refractivity contribution in [3.63, 3.8) is 0 Å². The van der Waals surface area contributed by atoms with Gasteiger partial charge in [0.1, 0.15) is 0 Å². The topological polar surface area (TPSA) is 20.2 Å². The van der Waals surface area contributed by atoms with E-state index in [9.17, 15) is 0 Å². The van der Waals surface area contributed by atoms with Crippen LogP contribution in [0.2, 0.25) is 0 Å². The zero-order chi connectivity index (χ0) is 12.1. The van der Waals surface area contributed by atoms with E-state index in [1.165, 1.54) is 16.0 Å². The highest BCUT2D eigenvalue weighted by atomic mass is 32.2. The highest BCUT2D eigenvalue weighted by molar-refractivity contribution is 7.98. The predicted octanol–water partition coefficient (Wildman–Crippen LogP) is 3.78. The SMILES string of the molecule is Cc1ccc(CSc2ccc(CO)cc2)cc1. The van der Waals surface area contributed by atoms with E-state index in [4.69, 9.17) is 5.11 Å². The lowest BCUT2D eigenvalue weighted by Crippen LogP contribution is -1.83. The molecule has 0 spiro atoms. The van der Waals surface area contributed by atoms with Crippen LogP contribution in [-0.2, 0) is 12.4 Å². The molecule has 0 unspecified atom stereocenters. The summed E-state index contributed by atoms with van der Waals surface area (Å²) in [7, 11) is 0. The van der Waals surface area contributed by atoms with Crippen LogP contribution in [0.15, 0.2) is 53.4 Å². The lowest BCUT2D eigenvalue weighted by Gasteiger charge is -2.03. The summed E-state index contributed by atoms with van der Waals surface area (Å²) in [6.07, 6.45) is 0. The quantitative estimate of drug-likeness (QED) is 0.826. The van der Waals surface area contributed by atoms with E-state index >= 15 is 0 Å². The van der Waals surface area contributed by atoms with E-state index < -0.39 is 0 Å². The van der Waals surface area contributed by atoms with Crippen molar-refractivity contribution in [3.05, 3.63) is 65.2 Å². The first kappa shape index (κ1) is 12.2. The Morgan fingerprint density at radius 1 is 0.882 bits per heavy atom. The third-order valence-electron chi connectivity index (χ3n) is 2.63. The zero-order valence-corrected chi connectivity index (χ0v) is 10.7. The van der Waals surface area contributed by atoms with Crippen LogP contribution >= 0.6 is 11.8 Å². The first-order valence-corrected chi connectivity index (χ1v) is 6.64. The molecule has 0 heterocycles.